The number of ether oxygens (including phenoxy) is 1. The summed E-state index contributed by atoms with van der Waals surface area (Å²) in [7, 11) is 1.53. The van der Waals surface area contributed by atoms with E-state index in [9.17, 15) is 9.59 Å². The molecule has 2 N–H and O–H groups in total. The summed E-state index contributed by atoms with van der Waals surface area (Å²) in [5.41, 5.74) is 0.292. The van der Waals surface area contributed by atoms with Crippen LogP contribution in [0.5, 0.6) is 0 Å². The predicted molar refractivity (Wildman–Crippen MR) is 50.0 cm³/mol. The Kier molecular flexibility index (Phi) is 3.87. The van der Waals surface area contributed by atoms with Crippen molar-refractivity contribution in [2.75, 3.05) is 20.3 Å². The summed E-state index contributed by atoms with van der Waals surface area (Å²) in [6.07, 6.45) is 1.59. The average molecular weight is 196 g/mol. The first-order valence-electron chi connectivity index (χ1n) is 4.20. The van der Waals surface area contributed by atoms with Crippen molar-refractivity contribution in [2.45, 2.75) is 0 Å². The number of carbonyl (C=O) groups excluding carboxylic acids is 2. The Balaban J connectivity index is 2.42. The number of aromatic nitrogens is 1. The van der Waals surface area contributed by atoms with Gasteiger partial charge < -0.3 is 15.0 Å². The average Bonchev–Trinajstić information content (AvgIpc) is 2.69. The largest absolute Gasteiger partial charge is 0.383 e. The lowest BCUT2D eigenvalue weighted by molar-refractivity contribution is -0.117. The summed E-state index contributed by atoms with van der Waals surface area (Å²) in [6.45, 7) is 0.728. The molecule has 0 aliphatic rings. The van der Waals surface area contributed by atoms with E-state index in [2.05, 4.69) is 10.3 Å². The number of H-pyrrole nitrogens is 1. The minimum absolute atomic E-state index is 0.292. The van der Waals surface area contributed by atoms with Crippen molar-refractivity contribution in [1.29, 1.82) is 0 Å². The number of amides is 1. The molecular formula is C9H12N2O3. The van der Waals surface area contributed by atoms with Gasteiger partial charge in [-0.15, -0.1) is 0 Å². The third-order valence-corrected chi connectivity index (χ3v) is 1.64. The van der Waals surface area contributed by atoms with Crippen LogP contribution in [0.3, 0.4) is 0 Å². The SMILES string of the molecule is COCCNC(=O)C(=O)c1ccc[nH]1. The lowest BCUT2D eigenvalue weighted by Crippen LogP contribution is -2.33. The quantitative estimate of drug-likeness (QED) is 0.394. The van der Waals surface area contributed by atoms with Crippen LogP contribution in [-0.2, 0) is 9.53 Å². The molecule has 1 amide bonds. The Morgan fingerprint density at radius 3 is 2.93 bits per heavy atom. The summed E-state index contributed by atoms with van der Waals surface area (Å²) in [5.74, 6) is -1.18. The van der Waals surface area contributed by atoms with E-state index < -0.39 is 11.7 Å². The van der Waals surface area contributed by atoms with Crippen LogP contribution in [-0.4, -0.2) is 36.9 Å². The fourth-order valence-electron chi connectivity index (χ4n) is 0.941. The predicted octanol–water partition coefficient (Wildman–Crippen LogP) is -0.0400. The zero-order valence-electron chi connectivity index (χ0n) is 7.87. The first kappa shape index (κ1) is 10.5. The summed E-state index contributed by atoms with van der Waals surface area (Å²) in [5, 5.41) is 2.44. The maximum absolute atomic E-state index is 11.3. The number of aromatic amines is 1. The van der Waals surface area contributed by atoms with Crippen LogP contribution in [0.2, 0.25) is 0 Å². The van der Waals surface area contributed by atoms with Crippen LogP contribution < -0.4 is 5.32 Å². The number of Topliss-reactive ketones (excluding diaryl/α,β-unsaturated/α-hetero) is 1. The van der Waals surface area contributed by atoms with Crippen LogP contribution in [0.25, 0.3) is 0 Å². The molecule has 0 unspecified atom stereocenters. The van der Waals surface area contributed by atoms with E-state index in [1.54, 1.807) is 18.3 Å². The molecule has 1 aromatic rings. The van der Waals surface area contributed by atoms with Crippen molar-refractivity contribution >= 4 is 11.7 Å². The van der Waals surface area contributed by atoms with Crippen molar-refractivity contribution in [3.63, 3.8) is 0 Å². The van der Waals surface area contributed by atoms with E-state index in [0.29, 0.717) is 18.8 Å². The molecule has 0 fully saturated rings. The molecule has 0 aromatic carbocycles. The Hall–Kier alpha value is -1.62. The van der Waals surface area contributed by atoms with Gasteiger partial charge in [-0.05, 0) is 12.1 Å². The summed E-state index contributed by atoms with van der Waals surface area (Å²) < 4.78 is 4.73. The van der Waals surface area contributed by atoms with Crippen molar-refractivity contribution in [2.24, 2.45) is 0 Å². The molecule has 1 aromatic heterocycles. The molecule has 5 nitrogen and oxygen atoms in total. The van der Waals surface area contributed by atoms with E-state index >= 15 is 0 Å². The number of carbonyl (C=O) groups is 2. The van der Waals surface area contributed by atoms with Gasteiger partial charge in [0.25, 0.3) is 11.7 Å². The van der Waals surface area contributed by atoms with Crippen LogP contribution in [0, 0.1) is 0 Å². The first-order valence-corrected chi connectivity index (χ1v) is 4.20. The van der Waals surface area contributed by atoms with E-state index in [0.717, 1.165) is 0 Å². The monoisotopic (exact) mass is 196 g/mol. The van der Waals surface area contributed by atoms with Gasteiger partial charge in [-0.3, -0.25) is 9.59 Å². The lowest BCUT2D eigenvalue weighted by atomic mass is 10.3. The highest BCUT2D eigenvalue weighted by Crippen LogP contribution is 1.95. The second kappa shape index (κ2) is 5.18. The Bertz CT molecular complexity index is 306. The van der Waals surface area contributed by atoms with Gasteiger partial charge in [0.1, 0.15) is 0 Å². The standard InChI is InChI=1S/C9H12N2O3/c1-14-6-5-11-9(13)8(12)7-3-2-4-10-7/h2-4,10H,5-6H2,1H3,(H,11,13). The molecule has 1 rings (SSSR count). The second-order valence-electron chi connectivity index (χ2n) is 2.66. The molecular weight excluding hydrogens is 184 g/mol. The van der Waals surface area contributed by atoms with Gasteiger partial charge in [-0.2, -0.15) is 0 Å². The Morgan fingerprint density at radius 1 is 1.57 bits per heavy atom. The normalized spacial score (nSPS) is 9.79. The fourth-order valence-corrected chi connectivity index (χ4v) is 0.941. The molecule has 76 valence electrons. The minimum Gasteiger partial charge on any atom is -0.383 e. The second-order valence-corrected chi connectivity index (χ2v) is 2.66. The van der Waals surface area contributed by atoms with Gasteiger partial charge >= 0.3 is 0 Å². The van der Waals surface area contributed by atoms with E-state index in [-0.39, 0.29) is 0 Å². The van der Waals surface area contributed by atoms with Crippen molar-refractivity contribution in [3.8, 4) is 0 Å². The van der Waals surface area contributed by atoms with E-state index in [1.165, 1.54) is 7.11 Å². The zero-order valence-corrected chi connectivity index (χ0v) is 7.87. The number of hydrogen-bond acceptors (Lipinski definition) is 3. The lowest BCUT2D eigenvalue weighted by Gasteiger charge is -2.01. The van der Waals surface area contributed by atoms with Crippen molar-refractivity contribution in [1.82, 2.24) is 10.3 Å². The maximum Gasteiger partial charge on any atom is 0.294 e. The van der Waals surface area contributed by atoms with Gasteiger partial charge in [0, 0.05) is 19.9 Å². The highest BCUT2D eigenvalue weighted by Gasteiger charge is 2.15. The number of ketones is 1. The smallest absolute Gasteiger partial charge is 0.294 e. The van der Waals surface area contributed by atoms with Gasteiger partial charge in [-0.1, -0.05) is 0 Å². The molecule has 0 radical (unpaired) electrons. The van der Waals surface area contributed by atoms with Gasteiger partial charge in [-0.25, -0.2) is 0 Å². The number of rotatable bonds is 5. The molecule has 0 aliphatic carbocycles. The number of methoxy groups -OCH3 is 1. The van der Waals surface area contributed by atoms with Gasteiger partial charge in [0.2, 0.25) is 0 Å². The van der Waals surface area contributed by atoms with Crippen LogP contribution in [0.1, 0.15) is 10.5 Å². The van der Waals surface area contributed by atoms with Crippen LogP contribution in [0.4, 0.5) is 0 Å². The van der Waals surface area contributed by atoms with Gasteiger partial charge in [0.15, 0.2) is 0 Å². The molecule has 14 heavy (non-hydrogen) atoms. The van der Waals surface area contributed by atoms with Crippen molar-refractivity contribution < 1.29 is 14.3 Å². The topological polar surface area (TPSA) is 71.2 Å². The molecule has 0 aliphatic heterocycles. The van der Waals surface area contributed by atoms with E-state index in [1.807, 2.05) is 0 Å². The number of hydrogen-bond donors (Lipinski definition) is 2. The molecule has 0 spiro atoms. The maximum atomic E-state index is 11.3. The molecule has 0 atom stereocenters. The molecule has 5 heteroatoms. The van der Waals surface area contributed by atoms with Gasteiger partial charge in [0.05, 0.1) is 12.3 Å². The fraction of sp³-hybridized carbons (Fsp3) is 0.333. The molecule has 0 saturated carbocycles. The third kappa shape index (κ3) is 2.70. The highest BCUT2D eigenvalue weighted by molar-refractivity contribution is 6.42. The van der Waals surface area contributed by atoms with E-state index in [4.69, 9.17) is 4.74 Å². The number of nitrogens with one attached hydrogen (secondary N) is 2. The Morgan fingerprint density at radius 2 is 2.36 bits per heavy atom. The zero-order chi connectivity index (χ0) is 10.4. The highest BCUT2D eigenvalue weighted by atomic mass is 16.5. The molecule has 1 heterocycles. The molecule has 0 bridgehead atoms. The van der Waals surface area contributed by atoms with Crippen LogP contribution in [0.15, 0.2) is 18.3 Å². The molecule has 0 saturated heterocycles. The summed E-state index contributed by atoms with van der Waals surface area (Å²) in [6, 6.07) is 3.22. The summed E-state index contributed by atoms with van der Waals surface area (Å²) in [4.78, 5) is 25.2. The Labute approximate surface area is 81.5 Å². The van der Waals surface area contributed by atoms with Crippen LogP contribution >= 0.6 is 0 Å². The minimum atomic E-state index is -0.621. The first-order chi connectivity index (χ1) is 6.75. The van der Waals surface area contributed by atoms with Crippen molar-refractivity contribution in [3.05, 3.63) is 24.0 Å². The summed E-state index contributed by atoms with van der Waals surface area (Å²) >= 11 is 0. The third-order valence-electron chi connectivity index (χ3n) is 1.64.